The van der Waals surface area contributed by atoms with Gasteiger partial charge in [0.05, 0.1) is 32.5 Å². The molecule has 0 radical (unpaired) electrons. The molecule has 0 aromatic heterocycles. The van der Waals surface area contributed by atoms with Gasteiger partial charge in [-0.3, -0.25) is 0 Å². The Morgan fingerprint density at radius 1 is 0.426 bits per heavy atom. The van der Waals surface area contributed by atoms with Crippen molar-refractivity contribution in [2.24, 2.45) is 0 Å². The van der Waals surface area contributed by atoms with Crippen LogP contribution in [0.2, 0.25) is 0 Å². The third kappa shape index (κ3) is 3.72. The van der Waals surface area contributed by atoms with Crippen LogP contribution in [0.4, 0.5) is 34.1 Å². The Balaban J connectivity index is 1.19. The van der Waals surface area contributed by atoms with E-state index in [1.807, 2.05) is 24.3 Å². The molecule has 0 unspecified atom stereocenters. The molecule has 0 saturated heterocycles. The summed E-state index contributed by atoms with van der Waals surface area (Å²) in [6.07, 6.45) is 0. The Morgan fingerprint density at radius 3 is 1.04 bits per heavy atom. The van der Waals surface area contributed by atoms with Crippen LogP contribution in [0.15, 0.2) is 143 Å². The van der Waals surface area contributed by atoms with Gasteiger partial charge in [0.2, 0.25) is 9.84 Å². The first kappa shape index (κ1) is 28.1. The van der Waals surface area contributed by atoms with Crippen LogP contribution < -0.4 is 9.80 Å². The molecule has 0 amide bonds. The normalized spacial score (nSPS) is 17.1. The molecular formula is C42H34N2O2S. The van der Waals surface area contributed by atoms with Gasteiger partial charge in [0.1, 0.15) is 0 Å². The van der Waals surface area contributed by atoms with Crippen molar-refractivity contribution in [3.05, 3.63) is 156 Å². The van der Waals surface area contributed by atoms with Crippen LogP contribution in [-0.4, -0.2) is 8.42 Å². The molecular weight excluding hydrogens is 597 g/mol. The van der Waals surface area contributed by atoms with Gasteiger partial charge in [0, 0.05) is 33.3 Å². The highest BCUT2D eigenvalue weighted by Gasteiger charge is 2.40. The van der Waals surface area contributed by atoms with Crippen LogP contribution in [0.3, 0.4) is 0 Å². The molecule has 0 fully saturated rings. The minimum absolute atomic E-state index is 0.194. The first-order valence-electron chi connectivity index (χ1n) is 16.1. The highest BCUT2D eigenvalue weighted by atomic mass is 32.2. The lowest BCUT2D eigenvalue weighted by atomic mass is 9.73. The second kappa shape index (κ2) is 9.46. The summed E-state index contributed by atoms with van der Waals surface area (Å²) in [4.78, 5) is 5.12. The summed E-state index contributed by atoms with van der Waals surface area (Å²) in [5.74, 6) is 0. The van der Waals surface area contributed by atoms with Gasteiger partial charge in [0.15, 0.2) is 0 Å². The molecule has 3 aliphatic heterocycles. The molecule has 3 heterocycles. The van der Waals surface area contributed by atoms with E-state index < -0.39 is 9.84 Å². The number of benzene rings is 6. The van der Waals surface area contributed by atoms with Gasteiger partial charge < -0.3 is 9.80 Å². The number of fused-ring (bicyclic) bond motifs is 7. The third-order valence-electron chi connectivity index (χ3n) is 10.6. The SMILES string of the molecule is CC1(C)c2ccccc2N(c2ccc3c(c2)S(=O)(=O)c2cc(N4c5ccccc5C(C)(C)c5ccccc54)ccc2-3)c2ccccc21. The second-order valence-corrected chi connectivity index (χ2v) is 15.7. The van der Waals surface area contributed by atoms with E-state index in [0.29, 0.717) is 9.79 Å². The maximum Gasteiger partial charge on any atom is 0.207 e. The average molecular weight is 631 g/mol. The Hall–Kier alpha value is -5.13. The van der Waals surface area contributed by atoms with Crippen molar-refractivity contribution in [3.8, 4) is 11.1 Å². The second-order valence-electron chi connectivity index (χ2n) is 13.9. The summed E-state index contributed by atoms with van der Waals surface area (Å²) in [5.41, 5.74) is 11.9. The van der Waals surface area contributed by atoms with Crippen LogP contribution in [-0.2, 0) is 20.7 Å². The fourth-order valence-electron chi connectivity index (χ4n) is 8.20. The minimum atomic E-state index is -3.80. The van der Waals surface area contributed by atoms with Crippen molar-refractivity contribution in [2.45, 2.75) is 48.3 Å². The molecule has 0 atom stereocenters. The minimum Gasteiger partial charge on any atom is -0.310 e. The maximum atomic E-state index is 14.5. The molecule has 0 bridgehead atoms. The molecule has 0 saturated carbocycles. The molecule has 3 aliphatic rings. The summed E-state index contributed by atoms with van der Waals surface area (Å²) in [5, 5.41) is 0. The van der Waals surface area contributed by atoms with Gasteiger partial charge in [-0.2, -0.15) is 0 Å². The van der Waals surface area contributed by atoms with Crippen LogP contribution in [0.1, 0.15) is 49.9 Å². The van der Waals surface area contributed by atoms with Crippen molar-refractivity contribution in [1.29, 1.82) is 0 Å². The monoisotopic (exact) mass is 630 g/mol. The summed E-state index contributed by atoms with van der Waals surface area (Å²) in [7, 11) is -3.80. The third-order valence-corrected chi connectivity index (χ3v) is 12.4. The Bertz CT molecular complexity index is 2150. The molecule has 0 N–H and O–H groups in total. The highest BCUT2D eigenvalue weighted by Crippen LogP contribution is 2.55. The first-order valence-corrected chi connectivity index (χ1v) is 17.6. The zero-order valence-corrected chi connectivity index (χ0v) is 27.6. The number of nitrogens with zero attached hydrogens (tertiary/aromatic N) is 2. The molecule has 5 heteroatoms. The predicted octanol–water partition coefficient (Wildman–Crippen LogP) is 10.7. The molecule has 47 heavy (non-hydrogen) atoms. The topological polar surface area (TPSA) is 40.6 Å². The number of anilines is 6. The van der Waals surface area contributed by atoms with Crippen LogP contribution >= 0.6 is 0 Å². The van der Waals surface area contributed by atoms with Crippen molar-refractivity contribution in [3.63, 3.8) is 0 Å². The number of sulfone groups is 1. The van der Waals surface area contributed by atoms with Gasteiger partial charge in [-0.1, -0.05) is 113 Å². The molecule has 6 aromatic rings. The van der Waals surface area contributed by atoms with Gasteiger partial charge >= 0.3 is 0 Å². The van der Waals surface area contributed by atoms with Crippen LogP contribution in [0, 0.1) is 0 Å². The lowest BCUT2D eigenvalue weighted by Crippen LogP contribution is -2.30. The summed E-state index contributed by atoms with van der Waals surface area (Å²) in [6, 6.07) is 45.6. The molecule has 6 aromatic carbocycles. The fraction of sp³-hybridized carbons (Fsp3) is 0.143. The fourth-order valence-corrected chi connectivity index (χ4v) is 9.93. The smallest absolute Gasteiger partial charge is 0.207 e. The number of rotatable bonds is 2. The van der Waals surface area contributed by atoms with E-state index in [2.05, 4.69) is 147 Å². The van der Waals surface area contributed by atoms with Gasteiger partial charge in [-0.15, -0.1) is 0 Å². The maximum absolute atomic E-state index is 14.5. The standard InChI is InChI=1S/C42H34N2O2S/c1-41(2)31-13-5-9-17-35(31)43(36-18-10-6-14-32(36)41)27-21-23-29-30-24-22-28(26-40(30)47(45,46)39(29)25-27)44-37-19-11-7-15-33(37)42(3,4)34-16-8-12-20-38(34)44/h5-26H,1-4H3. The van der Waals surface area contributed by atoms with E-state index in [9.17, 15) is 8.42 Å². The average Bonchev–Trinajstić information content (AvgIpc) is 3.30. The lowest BCUT2D eigenvalue weighted by Gasteiger charge is -2.42. The quantitative estimate of drug-likeness (QED) is 0.191. The number of hydrogen-bond donors (Lipinski definition) is 0. The van der Waals surface area contributed by atoms with Gasteiger partial charge in [-0.05, 0) is 70.8 Å². The number of para-hydroxylation sites is 4. The van der Waals surface area contributed by atoms with E-state index in [4.69, 9.17) is 0 Å². The molecule has 0 aliphatic carbocycles. The van der Waals surface area contributed by atoms with Crippen LogP contribution in [0.25, 0.3) is 11.1 Å². The zero-order valence-electron chi connectivity index (χ0n) is 26.8. The molecule has 4 nitrogen and oxygen atoms in total. The van der Waals surface area contributed by atoms with E-state index in [1.54, 1.807) is 0 Å². The summed E-state index contributed by atoms with van der Waals surface area (Å²) in [6.45, 7) is 9.01. The van der Waals surface area contributed by atoms with Crippen molar-refractivity contribution < 1.29 is 8.42 Å². The molecule has 0 spiro atoms. The summed E-state index contributed by atoms with van der Waals surface area (Å²) >= 11 is 0. The summed E-state index contributed by atoms with van der Waals surface area (Å²) < 4.78 is 29.0. The van der Waals surface area contributed by atoms with Crippen molar-refractivity contribution >= 4 is 44.0 Å². The highest BCUT2D eigenvalue weighted by molar-refractivity contribution is 7.92. The zero-order chi connectivity index (χ0) is 32.3. The van der Waals surface area contributed by atoms with E-state index in [1.165, 1.54) is 22.3 Å². The van der Waals surface area contributed by atoms with Crippen molar-refractivity contribution in [2.75, 3.05) is 9.80 Å². The largest absolute Gasteiger partial charge is 0.310 e. The Labute approximate surface area is 276 Å². The Kier molecular flexibility index (Phi) is 5.66. The van der Waals surface area contributed by atoms with E-state index in [0.717, 1.165) is 45.3 Å². The van der Waals surface area contributed by atoms with Crippen LogP contribution in [0.5, 0.6) is 0 Å². The lowest BCUT2D eigenvalue weighted by molar-refractivity contribution is 0.598. The van der Waals surface area contributed by atoms with Gasteiger partial charge in [0.25, 0.3) is 0 Å². The predicted molar refractivity (Wildman–Crippen MR) is 191 cm³/mol. The van der Waals surface area contributed by atoms with E-state index in [-0.39, 0.29) is 10.8 Å². The first-order chi connectivity index (χ1) is 22.6. The molecule has 230 valence electrons. The van der Waals surface area contributed by atoms with E-state index >= 15 is 0 Å². The Morgan fingerprint density at radius 2 is 0.723 bits per heavy atom. The molecule has 9 rings (SSSR count). The van der Waals surface area contributed by atoms with Crippen molar-refractivity contribution in [1.82, 2.24) is 0 Å². The van der Waals surface area contributed by atoms with Gasteiger partial charge in [-0.25, -0.2) is 8.42 Å². The number of hydrogen-bond acceptors (Lipinski definition) is 4.